The van der Waals surface area contributed by atoms with Gasteiger partial charge in [-0.15, -0.1) is 5.10 Å². The van der Waals surface area contributed by atoms with Crippen molar-refractivity contribution in [1.82, 2.24) is 25.1 Å². The molecule has 1 fully saturated rings. The first kappa shape index (κ1) is 14.4. The molecular formula is C15H18N6O. The van der Waals surface area contributed by atoms with E-state index in [0.29, 0.717) is 18.1 Å². The Morgan fingerprint density at radius 2 is 2.27 bits per heavy atom. The highest BCUT2D eigenvalue weighted by atomic mass is 16.2. The number of hydrogen-bond acceptors (Lipinski definition) is 6. The number of aryl methyl sites for hydroxylation is 1. The smallest absolute Gasteiger partial charge is 0.274 e. The van der Waals surface area contributed by atoms with Gasteiger partial charge in [0.1, 0.15) is 11.6 Å². The first-order valence-electron chi connectivity index (χ1n) is 7.31. The summed E-state index contributed by atoms with van der Waals surface area (Å²) in [4.78, 5) is 23.3. The lowest BCUT2D eigenvalue weighted by atomic mass is 10.1. The van der Waals surface area contributed by atoms with Gasteiger partial charge in [-0.25, -0.2) is 9.97 Å². The standard InChI is InChI=1S/C15H18N6O/c1-10-18-12(9-14(16-2)19-10)13-6-4-8-21(13)15(22)11-5-3-7-17-20-11/h3,5,7,9,13H,4,6,8H2,1-2H3,(H,16,18,19)/t13-/m1/s1. The van der Waals surface area contributed by atoms with E-state index in [9.17, 15) is 4.79 Å². The third-order valence-electron chi connectivity index (χ3n) is 3.76. The molecular weight excluding hydrogens is 280 g/mol. The van der Waals surface area contributed by atoms with Crippen LogP contribution in [0.2, 0.25) is 0 Å². The molecule has 0 aromatic carbocycles. The molecule has 1 N–H and O–H groups in total. The van der Waals surface area contributed by atoms with Gasteiger partial charge in [0.05, 0.1) is 11.7 Å². The average Bonchev–Trinajstić information content (AvgIpc) is 3.04. The van der Waals surface area contributed by atoms with Crippen LogP contribution in [-0.2, 0) is 0 Å². The van der Waals surface area contributed by atoms with Crippen LogP contribution >= 0.6 is 0 Å². The average molecular weight is 298 g/mol. The van der Waals surface area contributed by atoms with E-state index in [4.69, 9.17) is 0 Å². The van der Waals surface area contributed by atoms with Gasteiger partial charge in [0.25, 0.3) is 5.91 Å². The van der Waals surface area contributed by atoms with E-state index in [2.05, 4.69) is 25.5 Å². The van der Waals surface area contributed by atoms with Crippen molar-refractivity contribution in [2.75, 3.05) is 18.9 Å². The Kier molecular flexibility index (Phi) is 3.95. The fourth-order valence-electron chi connectivity index (χ4n) is 2.77. The molecule has 114 valence electrons. The van der Waals surface area contributed by atoms with Gasteiger partial charge in [-0.05, 0) is 31.9 Å². The monoisotopic (exact) mass is 298 g/mol. The zero-order chi connectivity index (χ0) is 15.5. The highest BCUT2D eigenvalue weighted by molar-refractivity contribution is 5.92. The number of carbonyl (C=O) groups is 1. The maximum atomic E-state index is 12.6. The summed E-state index contributed by atoms with van der Waals surface area (Å²) in [6.45, 7) is 2.56. The minimum absolute atomic E-state index is 0.0386. The van der Waals surface area contributed by atoms with Gasteiger partial charge in [0.15, 0.2) is 5.69 Å². The van der Waals surface area contributed by atoms with E-state index < -0.39 is 0 Å². The van der Waals surface area contributed by atoms with Crippen LogP contribution in [0.5, 0.6) is 0 Å². The van der Waals surface area contributed by atoms with E-state index in [1.807, 2.05) is 24.9 Å². The molecule has 0 bridgehead atoms. The van der Waals surface area contributed by atoms with Crippen molar-refractivity contribution >= 4 is 11.7 Å². The molecule has 0 spiro atoms. The van der Waals surface area contributed by atoms with Crippen LogP contribution < -0.4 is 5.32 Å². The lowest BCUT2D eigenvalue weighted by Crippen LogP contribution is -2.32. The van der Waals surface area contributed by atoms with Crippen LogP contribution in [0.25, 0.3) is 0 Å². The van der Waals surface area contributed by atoms with Crippen molar-refractivity contribution in [1.29, 1.82) is 0 Å². The molecule has 0 unspecified atom stereocenters. The summed E-state index contributed by atoms with van der Waals surface area (Å²) in [5.74, 6) is 1.36. The van der Waals surface area contributed by atoms with E-state index in [0.717, 1.165) is 24.4 Å². The van der Waals surface area contributed by atoms with Crippen LogP contribution in [-0.4, -0.2) is 44.6 Å². The lowest BCUT2D eigenvalue weighted by Gasteiger charge is -2.24. The molecule has 1 atom stereocenters. The first-order chi connectivity index (χ1) is 10.7. The maximum absolute atomic E-state index is 12.6. The first-order valence-corrected chi connectivity index (χ1v) is 7.31. The molecule has 0 aliphatic carbocycles. The predicted octanol–water partition coefficient (Wildman–Crippen LogP) is 1.59. The van der Waals surface area contributed by atoms with Crippen molar-refractivity contribution in [2.45, 2.75) is 25.8 Å². The quantitative estimate of drug-likeness (QED) is 0.926. The minimum Gasteiger partial charge on any atom is -0.373 e. The summed E-state index contributed by atoms with van der Waals surface area (Å²) in [5, 5.41) is 10.7. The molecule has 1 aliphatic rings. The number of likely N-dealkylation sites (tertiary alicyclic amines) is 1. The third-order valence-corrected chi connectivity index (χ3v) is 3.76. The molecule has 3 rings (SSSR count). The van der Waals surface area contributed by atoms with Crippen molar-refractivity contribution in [3.63, 3.8) is 0 Å². The number of aromatic nitrogens is 4. The number of amides is 1. The Labute approximate surface area is 128 Å². The number of carbonyl (C=O) groups excluding carboxylic acids is 1. The second-order valence-corrected chi connectivity index (χ2v) is 5.24. The highest BCUT2D eigenvalue weighted by Crippen LogP contribution is 2.32. The minimum atomic E-state index is -0.0992. The normalized spacial score (nSPS) is 17.5. The maximum Gasteiger partial charge on any atom is 0.274 e. The van der Waals surface area contributed by atoms with Gasteiger partial charge in [-0.1, -0.05) is 0 Å². The van der Waals surface area contributed by atoms with Gasteiger partial charge < -0.3 is 10.2 Å². The molecule has 2 aromatic rings. The lowest BCUT2D eigenvalue weighted by molar-refractivity contribution is 0.0725. The van der Waals surface area contributed by atoms with Gasteiger partial charge in [0, 0.05) is 25.9 Å². The van der Waals surface area contributed by atoms with Crippen LogP contribution in [0.15, 0.2) is 24.4 Å². The molecule has 1 amide bonds. The molecule has 1 aliphatic heterocycles. The summed E-state index contributed by atoms with van der Waals surface area (Å²) < 4.78 is 0. The van der Waals surface area contributed by atoms with Gasteiger partial charge in [-0.2, -0.15) is 5.10 Å². The van der Waals surface area contributed by atoms with Gasteiger partial charge in [-0.3, -0.25) is 4.79 Å². The number of nitrogens with zero attached hydrogens (tertiary/aromatic N) is 5. The second-order valence-electron chi connectivity index (χ2n) is 5.24. The Balaban J connectivity index is 1.90. The largest absolute Gasteiger partial charge is 0.373 e. The van der Waals surface area contributed by atoms with E-state index in [1.54, 1.807) is 18.3 Å². The van der Waals surface area contributed by atoms with E-state index in [1.165, 1.54) is 0 Å². The Morgan fingerprint density at radius 1 is 1.41 bits per heavy atom. The fraction of sp³-hybridized carbons (Fsp3) is 0.400. The number of nitrogens with one attached hydrogen (secondary N) is 1. The summed E-state index contributed by atoms with van der Waals surface area (Å²) >= 11 is 0. The number of anilines is 1. The number of hydrogen-bond donors (Lipinski definition) is 1. The summed E-state index contributed by atoms with van der Waals surface area (Å²) in [6.07, 6.45) is 3.41. The fourth-order valence-corrected chi connectivity index (χ4v) is 2.77. The summed E-state index contributed by atoms with van der Waals surface area (Å²) in [5.41, 5.74) is 1.24. The van der Waals surface area contributed by atoms with Gasteiger partial charge >= 0.3 is 0 Å². The SMILES string of the molecule is CNc1cc([C@H]2CCCN2C(=O)c2cccnn2)nc(C)n1. The molecule has 3 heterocycles. The third kappa shape index (κ3) is 2.74. The molecule has 7 nitrogen and oxygen atoms in total. The zero-order valence-corrected chi connectivity index (χ0v) is 12.7. The zero-order valence-electron chi connectivity index (χ0n) is 12.7. The van der Waals surface area contributed by atoms with Crippen LogP contribution in [0.1, 0.15) is 40.9 Å². The Hall–Kier alpha value is -2.57. The molecule has 0 radical (unpaired) electrons. The molecule has 7 heteroatoms. The van der Waals surface area contributed by atoms with Crippen LogP contribution in [0.4, 0.5) is 5.82 Å². The molecule has 22 heavy (non-hydrogen) atoms. The van der Waals surface area contributed by atoms with Crippen molar-refractivity contribution < 1.29 is 4.79 Å². The van der Waals surface area contributed by atoms with Crippen molar-refractivity contribution in [3.05, 3.63) is 41.6 Å². The summed E-state index contributed by atoms with van der Waals surface area (Å²) in [7, 11) is 1.82. The summed E-state index contributed by atoms with van der Waals surface area (Å²) in [6, 6.07) is 5.28. The van der Waals surface area contributed by atoms with E-state index in [-0.39, 0.29) is 11.9 Å². The molecule has 0 saturated carbocycles. The second kappa shape index (κ2) is 6.05. The topological polar surface area (TPSA) is 83.9 Å². The van der Waals surface area contributed by atoms with Crippen LogP contribution in [0, 0.1) is 6.92 Å². The Morgan fingerprint density at radius 3 is 3.00 bits per heavy atom. The molecule has 2 aromatic heterocycles. The highest BCUT2D eigenvalue weighted by Gasteiger charge is 2.32. The van der Waals surface area contributed by atoms with Crippen LogP contribution in [0.3, 0.4) is 0 Å². The Bertz CT molecular complexity index is 675. The molecule has 1 saturated heterocycles. The number of rotatable bonds is 3. The van der Waals surface area contributed by atoms with Gasteiger partial charge in [0.2, 0.25) is 0 Å². The van der Waals surface area contributed by atoms with E-state index >= 15 is 0 Å². The van der Waals surface area contributed by atoms with Crippen molar-refractivity contribution in [2.24, 2.45) is 0 Å². The van der Waals surface area contributed by atoms with Crippen molar-refractivity contribution in [3.8, 4) is 0 Å². The predicted molar refractivity (Wildman–Crippen MR) is 81.4 cm³/mol.